The quantitative estimate of drug-likeness (QED) is 0.672. The molecule has 1 aromatic rings. The maximum absolute atomic E-state index is 6.26. The highest BCUT2D eigenvalue weighted by atomic mass is 35.5. The molecule has 0 bridgehead atoms. The number of aryl methyl sites for hydroxylation is 3. The molecule has 1 aromatic carbocycles. The van der Waals surface area contributed by atoms with Gasteiger partial charge in [-0.2, -0.15) is 0 Å². The van der Waals surface area contributed by atoms with Gasteiger partial charge in [-0.1, -0.05) is 19.4 Å². The second kappa shape index (κ2) is 6.90. The van der Waals surface area contributed by atoms with E-state index in [1.165, 1.54) is 16.7 Å². The maximum atomic E-state index is 6.26. The molecular weight excluding hydrogens is 232 g/mol. The maximum Gasteiger partial charge on any atom is 0.122 e. The topological polar surface area (TPSA) is 9.23 Å². The predicted molar refractivity (Wildman–Crippen MR) is 75.3 cm³/mol. The van der Waals surface area contributed by atoms with Crippen LogP contribution < -0.4 is 4.74 Å². The minimum absolute atomic E-state index is 0.307. The third-order valence-corrected chi connectivity index (χ3v) is 3.62. The smallest absolute Gasteiger partial charge is 0.122 e. The number of alkyl halides is 1. The van der Waals surface area contributed by atoms with Crippen molar-refractivity contribution in [3.8, 4) is 5.75 Å². The number of halogens is 1. The van der Waals surface area contributed by atoms with Gasteiger partial charge in [0.15, 0.2) is 0 Å². The molecule has 0 aliphatic heterocycles. The first-order chi connectivity index (χ1) is 8.08. The molecule has 0 N–H and O–H groups in total. The van der Waals surface area contributed by atoms with E-state index in [9.17, 15) is 0 Å². The number of ether oxygens (including phenoxy) is 1. The number of benzene rings is 1. The molecule has 1 rings (SSSR count). The number of hydrogen-bond donors (Lipinski definition) is 0. The van der Waals surface area contributed by atoms with Crippen LogP contribution in [0.1, 0.15) is 42.9 Å². The fourth-order valence-electron chi connectivity index (χ4n) is 2.11. The van der Waals surface area contributed by atoms with Crippen molar-refractivity contribution >= 4 is 11.6 Å². The lowest BCUT2D eigenvalue weighted by molar-refractivity contribution is 0.411. The lowest BCUT2D eigenvalue weighted by atomic mass is 9.99. The van der Waals surface area contributed by atoms with Crippen LogP contribution in [0.2, 0.25) is 0 Å². The molecule has 0 amide bonds. The van der Waals surface area contributed by atoms with E-state index in [2.05, 4.69) is 32.9 Å². The minimum atomic E-state index is 0.307. The van der Waals surface area contributed by atoms with Crippen LogP contribution in [0.4, 0.5) is 0 Å². The van der Waals surface area contributed by atoms with Crippen molar-refractivity contribution in [2.24, 2.45) is 0 Å². The lowest BCUT2D eigenvalue weighted by Gasteiger charge is -2.13. The molecule has 96 valence electrons. The molecule has 0 saturated carbocycles. The van der Waals surface area contributed by atoms with Crippen molar-refractivity contribution < 1.29 is 4.74 Å². The van der Waals surface area contributed by atoms with Crippen molar-refractivity contribution in [3.05, 3.63) is 28.8 Å². The van der Waals surface area contributed by atoms with E-state index in [1.54, 1.807) is 7.11 Å². The second-order valence-corrected chi connectivity index (χ2v) is 5.29. The van der Waals surface area contributed by atoms with Gasteiger partial charge >= 0.3 is 0 Å². The molecule has 1 atom stereocenters. The highest BCUT2D eigenvalue weighted by Gasteiger charge is 2.08. The van der Waals surface area contributed by atoms with Crippen molar-refractivity contribution in [2.45, 2.75) is 51.8 Å². The van der Waals surface area contributed by atoms with Crippen molar-refractivity contribution in [1.29, 1.82) is 0 Å². The molecule has 17 heavy (non-hydrogen) atoms. The summed E-state index contributed by atoms with van der Waals surface area (Å²) < 4.78 is 5.32. The molecule has 1 unspecified atom stereocenters. The SMILES string of the molecule is CCCC(Cl)CCc1cc(C)c(OC)cc1C. The summed E-state index contributed by atoms with van der Waals surface area (Å²) in [7, 11) is 1.72. The average molecular weight is 255 g/mol. The summed E-state index contributed by atoms with van der Waals surface area (Å²) in [6.45, 7) is 6.41. The van der Waals surface area contributed by atoms with Crippen LogP contribution in [0.5, 0.6) is 5.75 Å². The van der Waals surface area contributed by atoms with Crippen LogP contribution >= 0.6 is 11.6 Å². The zero-order chi connectivity index (χ0) is 12.8. The Morgan fingerprint density at radius 3 is 2.47 bits per heavy atom. The van der Waals surface area contributed by atoms with Crippen LogP contribution in [0.15, 0.2) is 12.1 Å². The van der Waals surface area contributed by atoms with Gasteiger partial charge in [0.1, 0.15) is 5.75 Å². The molecule has 0 aromatic heterocycles. The van der Waals surface area contributed by atoms with Crippen LogP contribution in [0, 0.1) is 13.8 Å². The second-order valence-electron chi connectivity index (χ2n) is 4.67. The third kappa shape index (κ3) is 4.23. The van der Waals surface area contributed by atoms with Gasteiger partial charge < -0.3 is 4.74 Å². The Kier molecular flexibility index (Phi) is 5.84. The Labute approximate surface area is 110 Å². The summed E-state index contributed by atoms with van der Waals surface area (Å²) in [5, 5.41) is 0.307. The summed E-state index contributed by atoms with van der Waals surface area (Å²) in [6, 6.07) is 4.34. The first-order valence-corrected chi connectivity index (χ1v) is 6.80. The Hall–Kier alpha value is -0.690. The van der Waals surface area contributed by atoms with Gasteiger partial charge in [-0.15, -0.1) is 11.6 Å². The lowest BCUT2D eigenvalue weighted by Crippen LogP contribution is -2.02. The largest absolute Gasteiger partial charge is 0.496 e. The Bertz CT molecular complexity index is 360. The molecule has 2 heteroatoms. The standard InChI is InChI=1S/C15H23ClO/c1-5-6-14(16)8-7-13-9-12(3)15(17-4)10-11(13)2/h9-10,14H,5-8H2,1-4H3. The van der Waals surface area contributed by atoms with Gasteiger partial charge in [0.25, 0.3) is 0 Å². The zero-order valence-electron chi connectivity index (χ0n) is 11.3. The zero-order valence-corrected chi connectivity index (χ0v) is 12.1. The molecule has 0 heterocycles. The number of methoxy groups -OCH3 is 1. The number of rotatable bonds is 6. The molecule has 0 fully saturated rings. The van der Waals surface area contributed by atoms with Gasteiger partial charge in [0, 0.05) is 5.38 Å². The van der Waals surface area contributed by atoms with Gasteiger partial charge in [-0.25, -0.2) is 0 Å². The molecule has 1 nitrogen and oxygen atoms in total. The highest BCUT2D eigenvalue weighted by Crippen LogP contribution is 2.24. The van der Waals surface area contributed by atoms with Crippen molar-refractivity contribution in [3.63, 3.8) is 0 Å². The van der Waals surface area contributed by atoms with E-state index in [0.29, 0.717) is 5.38 Å². The van der Waals surface area contributed by atoms with E-state index < -0.39 is 0 Å². The normalized spacial score (nSPS) is 12.5. The van der Waals surface area contributed by atoms with Crippen molar-refractivity contribution in [2.75, 3.05) is 7.11 Å². The van der Waals surface area contributed by atoms with Gasteiger partial charge in [0.2, 0.25) is 0 Å². The molecule has 0 radical (unpaired) electrons. The fourth-order valence-corrected chi connectivity index (χ4v) is 2.44. The predicted octanol–water partition coefficient (Wildman–Crippen LogP) is 4.65. The van der Waals surface area contributed by atoms with Crippen LogP contribution in [0.3, 0.4) is 0 Å². The highest BCUT2D eigenvalue weighted by molar-refractivity contribution is 6.20. The summed E-state index contributed by atoms with van der Waals surface area (Å²) in [5.74, 6) is 0.974. The molecule has 0 saturated heterocycles. The Morgan fingerprint density at radius 2 is 1.88 bits per heavy atom. The van der Waals surface area contributed by atoms with Crippen LogP contribution in [0.25, 0.3) is 0 Å². The van der Waals surface area contributed by atoms with E-state index in [0.717, 1.165) is 31.4 Å². The van der Waals surface area contributed by atoms with Crippen LogP contribution in [-0.4, -0.2) is 12.5 Å². The summed E-state index contributed by atoms with van der Waals surface area (Å²) in [4.78, 5) is 0. The van der Waals surface area contributed by atoms with E-state index in [1.807, 2.05) is 0 Å². The third-order valence-electron chi connectivity index (χ3n) is 3.18. The molecule has 0 spiro atoms. The summed E-state index contributed by atoms with van der Waals surface area (Å²) >= 11 is 6.26. The monoisotopic (exact) mass is 254 g/mol. The van der Waals surface area contributed by atoms with Gasteiger partial charge in [-0.05, 0) is 55.9 Å². The molecular formula is C15H23ClO. The minimum Gasteiger partial charge on any atom is -0.496 e. The Balaban J connectivity index is 2.68. The first-order valence-electron chi connectivity index (χ1n) is 6.36. The molecule has 0 aliphatic carbocycles. The average Bonchev–Trinajstić information content (AvgIpc) is 2.30. The summed E-state index contributed by atoms with van der Waals surface area (Å²) in [5.41, 5.74) is 3.90. The van der Waals surface area contributed by atoms with E-state index >= 15 is 0 Å². The van der Waals surface area contributed by atoms with Crippen molar-refractivity contribution in [1.82, 2.24) is 0 Å². The summed E-state index contributed by atoms with van der Waals surface area (Å²) in [6.07, 6.45) is 4.39. The number of hydrogen-bond acceptors (Lipinski definition) is 1. The van der Waals surface area contributed by atoms with Gasteiger partial charge in [0.05, 0.1) is 7.11 Å². The van der Waals surface area contributed by atoms with Crippen LogP contribution in [-0.2, 0) is 6.42 Å². The Morgan fingerprint density at radius 1 is 1.18 bits per heavy atom. The fraction of sp³-hybridized carbons (Fsp3) is 0.600. The van der Waals surface area contributed by atoms with E-state index in [-0.39, 0.29) is 0 Å². The molecule has 0 aliphatic rings. The first kappa shape index (κ1) is 14.4. The van der Waals surface area contributed by atoms with E-state index in [4.69, 9.17) is 16.3 Å². The van der Waals surface area contributed by atoms with Gasteiger partial charge in [-0.3, -0.25) is 0 Å².